The van der Waals surface area contributed by atoms with E-state index in [4.69, 9.17) is 12.2 Å². The van der Waals surface area contributed by atoms with Crippen molar-refractivity contribution in [2.45, 2.75) is 18.2 Å². The van der Waals surface area contributed by atoms with Crippen molar-refractivity contribution in [3.05, 3.63) is 47.5 Å². The van der Waals surface area contributed by atoms with Crippen LogP contribution in [0.4, 0.5) is 5.69 Å². The molecule has 0 saturated carbocycles. The first-order chi connectivity index (χ1) is 11.3. The third-order valence-corrected chi connectivity index (χ3v) is 5.72. The van der Waals surface area contributed by atoms with Crippen LogP contribution in [0.3, 0.4) is 0 Å². The molecule has 126 valence electrons. The fourth-order valence-corrected chi connectivity index (χ4v) is 4.65. The summed E-state index contributed by atoms with van der Waals surface area (Å²) in [6.45, 7) is 2.31. The van der Waals surface area contributed by atoms with Gasteiger partial charge in [0.2, 0.25) is 0 Å². The van der Waals surface area contributed by atoms with E-state index in [9.17, 15) is 13.0 Å². The van der Waals surface area contributed by atoms with E-state index in [0.29, 0.717) is 6.54 Å². The Kier molecular flexibility index (Phi) is 7.12. The first kappa shape index (κ1) is 20.9. The van der Waals surface area contributed by atoms with Gasteiger partial charge in [0.1, 0.15) is 0 Å². The molecule has 0 aliphatic carbocycles. The Labute approximate surface area is 179 Å². The van der Waals surface area contributed by atoms with Crippen LogP contribution in [0, 0.1) is 0 Å². The van der Waals surface area contributed by atoms with Gasteiger partial charge in [-0.2, -0.15) is 0 Å². The molecule has 0 bridgehead atoms. The van der Waals surface area contributed by atoms with Gasteiger partial charge in [-0.25, -0.2) is 8.42 Å². The molecule has 0 fully saturated rings. The number of nitrogens with zero attached hydrogens (tertiary/aromatic N) is 1. The molecule has 25 heavy (non-hydrogen) atoms. The van der Waals surface area contributed by atoms with Crippen LogP contribution in [0.15, 0.2) is 52.4 Å². The van der Waals surface area contributed by atoms with Crippen molar-refractivity contribution in [3.63, 3.8) is 0 Å². The van der Waals surface area contributed by atoms with Crippen LogP contribution >= 0.6 is 24.0 Å². The summed E-state index contributed by atoms with van der Waals surface area (Å²) in [4.78, 5) is 3.95. The normalized spacial score (nSPS) is 15.3. The maximum Gasteiger partial charge on any atom is 1.00 e. The smallest absolute Gasteiger partial charge is 0.748 e. The van der Waals surface area contributed by atoms with Gasteiger partial charge in [-0.3, -0.25) is 0 Å². The van der Waals surface area contributed by atoms with Crippen molar-refractivity contribution in [3.8, 4) is 0 Å². The number of anilines is 1. The molecule has 2 aromatic rings. The van der Waals surface area contributed by atoms with Crippen molar-refractivity contribution in [2.24, 2.45) is 0 Å². The third-order valence-electron chi connectivity index (χ3n) is 3.72. The first-order valence-corrected chi connectivity index (χ1v) is 10.3. The van der Waals surface area contributed by atoms with E-state index < -0.39 is 10.1 Å². The zero-order valence-electron chi connectivity index (χ0n) is 14.1. The molecule has 0 aromatic heterocycles. The van der Waals surface area contributed by atoms with Crippen LogP contribution in [-0.4, -0.2) is 30.1 Å². The van der Waals surface area contributed by atoms with E-state index in [-0.39, 0.29) is 41.7 Å². The zero-order valence-corrected chi connectivity index (χ0v) is 18.5. The number of rotatable bonds is 5. The van der Waals surface area contributed by atoms with Crippen molar-refractivity contribution in [1.29, 1.82) is 0 Å². The van der Waals surface area contributed by atoms with Crippen LogP contribution in [0.1, 0.15) is 13.3 Å². The van der Waals surface area contributed by atoms with Gasteiger partial charge in [0, 0.05) is 27.4 Å². The number of hydrogen-bond donors (Lipinski definition) is 0. The Morgan fingerprint density at radius 3 is 2.68 bits per heavy atom. The molecule has 0 spiro atoms. The summed E-state index contributed by atoms with van der Waals surface area (Å²) >= 11 is 6.82. The molecule has 0 radical (unpaired) electrons. The molecule has 0 amide bonds. The molecule has 0 N–H and O–H groups in total. The van der Waals surface area contributed by atoms with Gasteiger partial charge in [-0.1, -0.05) is 54.3 Å². The second-order valence-corrected chi connectivity index (χ2v) is 8.83. The molecule has 1 aliphatic rings. The van der Waals surface area contributed by atoms with Gasteiger partial charge in [0.25, 0.3) is 0 Å². The number of thiocarbonyl (C=S) groups is 1. The van der Waals surface area contributed by atoms with Crippen molar-refractivity contribution in [1.82, 2.24) is 0 Å². The van der Waals surface area contributed by atoms with Crippen LogP contribution in [0.5, 0.6) is 0 Å². The van der Waals surface area contributed by atoms with Gasteiger partial charge in [-0.05, 0) is 30.9 Å². The maximum absolute atomic E-state index is 10.9. The number of allylic oxidation sites excluding steroid dienone is 1. The average Bonchev–Trinajstić information content (AvgIpc) is 2.83. The van der Waals surface area contributed by atoms with Gasteiger partial charge >= 0.3 is 29.6 Å². The third kappa shape index (κ3) is 5.07. The largest absolute Gasteiger partial charge is 1.00 e. The summed E-state index contributed by atoms with van der Waals surface area (Å²) in [6.07, 6.45) is 2.20. The average molecular weight is 402 g/mol. The van der Waals surface area contributed by atoms with Crippen molar-refractivity contribution >= 4 is 55.4 Å². The zero-order chi connectivity index (χ0) is 17.3. The number of hydrogen-bond acceptors (Lipinski definition) is 6. The predicted octanol–water partition coefficient (Wildman–Crippen LogP) is 0.922. The van der Waals surface area contributed by atoms with Crippen molar-refractivity contribution in [2.75, 3.05) is 17.2 Å². The monoisotopic (exact) mass is 401 g/mol. The summed E-state index contributed by atoms with van der Waals surface area (Å²) in [5, 5.41) is 3.20. The molecular formula is C17H16NNaO3S3. The van der Waals surface area contributed by atoms with E-state index in [0.717, 1.165) is 31.2 Å². The Bertz CT molecular complexity index is 941. The maximum atomic E-state index is 10.9. The second kappa shape index (κ2) is 8.52. The summed E-state index contributed by atoms with van der Waals surface area (Å²) < 4.78 is 32.7. The fraction of sp³-hybridized carbons (Fsp3) is 0.235. The van der Waals surface area contributed by atoms with E-state index >= 15 is 0 Å². The minimum Gasteiger partial charge on any atom is -0.748 e. The Hall–Kier alpha value is -0.410. The van der Waals surface area contributed by atoms with Gasteiger partial charge in [0.05, 0.1) is 20.8 Å². The quantitative estimate of drug-likeness (QED) is 0.321. The molecule has 4 nitrogen and oxygen atoms in total. The molecule has 3 rings (SSSR count). The summed E-state index contributed by atoms with van der Waals surface area (Å²) in [5.41, 5.74) is 1.06. The van der Waals surface area contributed by atoms with Crippen LogP contribution in [0.2, 0.25) is 0 Å². The number of thioether (sulfide) groups is 1. The van der Waals surface area contributed by atoms with Crippen LogP contribution < -0.4 is 34.5 Å². The van der Waals surface area contributed by atoms with E-state index in [1.807, 2.05) is 31.2 Å². The Balaban J connectivity index is 0.00000225. The predicted molar refractivity (Wildman–Crippen MR) is 103 cm³/mol. The number of benzene rings is 2. The molecule has 1 aliphatic heterocycles. The standard InChI is InChI=1S/C17H17NO3S3.Na/c1-12(22)11-16-18(9-4-10-24(19,20)21)17-14-6-3-2-5-13(14)7-8-15(17)23-16;/h2-3,5-8,11H,4,9-10H2,1H3,(H,19,20,21);/q;+1/p-1. The molecule has 2 aromatic carbocycles. The van der Waals surface area contributed by atoms with E-state index in [1.165, 1.54) is 0 Å². The van der Waals surface area contributed by atoms with E-state index in [2.05, 4.69) is 23.1 Å². The molecular weight excluding hydrogens is 385 g/mol. The summed E-state index contributed by atoms with van der Waals surface area (Å²) in [7, 11) is -4.20. The van der Waals surface area contributed by atoms with Gasteiger partial charge in [-0.15, -0.1) is 0 Å². The summed E-state index contributed by atoms with van der Waals surface area (Å²) in [6, 6.07) is 12.2. The topological polar surface area (TPSA) is 60.4 Å². The van der Waals surface area contributed by atoms with Gasteiger partial charge in [0.15, 0.2) is 0 Å². The first-order valence-electron chi connectivity index (χ1n) is 7.48. The summed E-state index contributed by atoms with van der Waals surface area (Å²) in [5.74, 6) is -0.363. The fourth-order valence-electron chi connectivity index (χ4n) is 2.78. The SMILES string of the molecule is CC(=S)C=C1Sc2ccc3ccccc3c2N1CCCS(=O)(=O)[O-].[Na+]. The van der Waals surface area contributed by atoms with Crippen LogP contribution in [0.25, 0.3) is 10.8 Å². The Morgan fingerprint density at radius 1 is 1.28 bits per heavy atom. The molecule has 1 heterocycles. The minimum atomic E-state index is -4.20. The molecule has 8 heteroatoms. The number of fused-ring (bicyclic) bond motifs is 3. The van der Waals surface area contributed by atoms with Gasteiger partial charge < -0.3 is 9.45 Å². The second-order valence-electron chi connectivity index (χ2n) is 5.60. The van der Waals surface area contributed by atoms with Crippen molar-refractivity contribution < 1.29 is 42.5 Å². The Morgan fingerprint density at radius 2 is 2.00 bits per heavy atom. The molecule has 0 unspecified atom stereocenters. The minimum absolute atomic E-state index is 0. The molecule has 0 atom stereocenters. The molecule has 0 saturated heterocycles. The van der Waals surface area contributed by atoms with Crippen LogP contribution in [-0.2, 0) is 10.1 Å². The van der Waals surface area contributed by atoms with E-state index in [1.54, 1.807) is 11.8 Å².